The number of hydrogen-bond donors (Lipinski definition) is 3. The third-order valence-corrected chi connectivity index (χ3v) is 5.69. The predicted molar refractivity (Wildman–Crippen MR) is 77.8 cm³/mol. The number of carboxylic acid groups (broad SMARTS) is 1. The fourth-order valence-corrected chi connectivity index (χ4v) is 4.51. The number of halogens is 3. The number of aromatic amines is 1. The van der Waals surface area contributed by atoms with Gasteiger partial charge in [-0.25, -0.2) is 4.79 Å². The summed E-state index contributed by atoms with van der Waals surface area (Å²) in [6.45, 7) is 0. The van der Waals surface area contributed by atoms with E-state index in [2.05, 4.69) is 10.1 Å². The minimum absolute atomic E-state index is 0.0511. The molecule has 3 rings (SSSR count). The maximum absolute atomic E-state index is 12.5. The van der Waals surface area contributed by atoms with E-state index in [-0.39, 0.29) is 16.6 Å². The molecule has 1 unspecified atom stereocenters. The molecule has 0 aromatic carbocycles. The number of β-lactam (4-membered cyclic amide) rings is 1. The van der Waals surface area contributed by atoms with Gasteiger partial charge in [-0.15, -0.1) is 16.9 Å². The molecule has 2 aliphatic rings. The number of carbonyl (C=O) groups excluding carboxylic acids is 1. The Bertz CT molecular complexity index is 735. The van der Waals surface area contributed by atoms with Crippen LogP contribution in [-0.2, 0) is 15.8 Å². The third-order valence-electron chi connectivity index (χ3n) is 3.40. The molecule has 2 aliphatic heterocycles. The van der Waals surface area contributed by atoms with Crippen LogP contribution in [0.3, 0.4) is 0 Å². The van der Waals surface area contributed by atoms with Gasteiger partial charge in [0.25, 0.3) is 0 Å². The van der Waals surface area contributed by atoms with Crippen molar-refractivity contribution in [1.29, 1.82) is 0 Å². The molecule has 1 aromatic heterocycles. The fraction of sp³-hybridized carbons (Fsp3) is 0.455. The standard InChI is InChI=1S/C11H10F3N5O3S2/c12-11(13,14)9-16-10(18-17-9)24-2-3-1-23-7-4(15)6(20)19(7)5(3)8(21)22/h4,7H,1-2,15H2,(H,21,22)(H,16,17,18)/t4?,7-/m0/s1. The molecule has 4 N–H and O–H groups in total. The Labute approximate surface area is 141 Å². The number of rotatable bonds is 4. The summed E-state index contributed by atoms with van der Waals surface area (Å²) in [4.78, 5) is 27.7. The number of thioether (sulfide) groups is 2. The maximum atomic E-state index is 12.5. The van der Waals surface area contributed by atoms with Gasteiger partial charge in [-0.2, -0.15) is 18.2 Å². The second-order valence-corrected chi connectivity index (χ2v) is 6.99. The molecule has 1 saturated heterocycles. The van der Waals surface area contributed by atoms with E-state index in [9.17, 15) is 27.9 Å². The van der Waals surface area contributed by atoms with E-state index in [4.69, 9.17) is 5.73 Å². The van der Waals surface area contributed by atoms with E-state index in [0.29, 0.717) is 11.3 Å². The largest absolute Gasteiger partial charge is 0.477 e. The molecule has 130 valence electrons. The van der Waals surface area contributed by atoms with Gasteiger partial charge in [0.15, 0.2) is 0 Å². The lowest BCUT2D eigenvalue weighted by molar-refractivity contribution is -0.147. The van der Waals surface area contributed by atoms with Crippen molar-refractivity contribution in [2.75, 3.05) is 11.5 Å². The van der Waals surface area contributed by atoms with Crippen LogP contribution in [0.2, 0.25) is 0 Å². The highest BCUT2D eigenvalue weighted by Gasteiger charge is 2.51. The summed E-state index contributed by atoms with van der Waals surface area (Å²) in [5.74, 6) is -2.62. The minimum Gasteiger partial charge on any atom is -0.477 e. The molecule has 1 amide bonds. The van der Waals surface area contributed by atoms with E-state index in [1.807, 2.05) is 0 Å². The zero-order valence-electron chi connectivity index (χ0n) is 11.7. The monoisotopic (exact) mass is 381 g/mol. The molecular formula is C11H10F3N5O3S2. The van der Waals surface area contributed by atoms with Crippen LogP contribution in [0, 0.1) is 0 Å². The molecule has 3 heterocycles. The second kappa shape index (κ2) is 5.97. The van der Waals surface area contributed by atoms with Crippen molar-refractivity contribution in [3.63, 3.8) is 0 Å². The van der Waals surface area contributed by atoms with Crippen molar-refractivity contribution in [3.8, 4) is 0 Å². The first-order chi connectivity index (χ1) is 11.2. The number of carbonyl (C=O) groups is 2. The normalized spacial score (nSPS) is 24.0. The van der Waals surface area contributed by atoms with Crippen LogP contribution in [0.1, 0.15) is 5.82 Å². The highest BCUT2D eigenvalue weighted by molar-refractivity contribution is 8.01. The van der Waals surface area contributed by atoms with Crippen LogP contribution < -0.4 is 5.73 Å². The first kappa shape index (κ1) is 17.1. The number of alkyl halides is 3. The van der Waals surface area contributed by atoms with Crippen molar-refractivity contribution >= 4 is 35.4 Å². The number of nitrogens with zero attached hydrogens (tertiary/aromatic N) is 3. The van der Waals surface area contributed by atoms with E-state index in [1.165, 1.54) is 11.8 Å². The van der Waals surface area contributed by atoms with E-state index < -0.39 is 35.3 Å². The van der Waals surface area contributed by atoms with Gasteiger partial charge in [0.1, 0.15) is 17.1 Å². The zero-order valence-corrected chi connectivity index (χ0v) is 13.3. The van der Waals surface area contributed by atoms with E-state index in [1.54, 1.807) is 5.10 Å². The second-order valence-electron chi connectivity index (χ2n) is 4.95. The highest BCUT2D eigenvalue weighted by Crippen LogP contribution is 2.40. The molecular weight excluding hydrogens is 371 g/mol. The molecule has 13 heteroatoms. The van der Waals surface area contributed by atoms with Crippen molar-refractivity contribution in [1.82, 2.24) is 20.1 Å². The van der Waals surface area contributed by atoms with Gasteiger partial charge in [-0.3, -0.25) is 14.8 Å². The molecule has 0 bridgehead atoms. The first-order valence-electron chi connectivity index (χ1n) is 6.48. The van der Waals surface area contributed by atoms with Crippen LogP contribution in [0.25, 0.3) is 0 Å². The summed E-state index contributed by atoms with van der Waals surface area (Å²) < 4.78 is 37.4. The number of nitrogens with one attached hydrogen (secondary N) is 1. The van der Waals surface area contributed by atoms with Gasteiger partial charge in [0.2, 0.25) is 16.9 Å². The van der Waals surface area contributed by atoms with Gasteiger partial charge in [0.05, 0.1) is 0 Å². The molecule has 2 atom stereocenters. The van der Waals surface area contributed by atoms with Gasteiger partial charge in [-0.1, -0.05) is 11.8 Å². The van der Waals surface area contributed by atoms with Crippen LogP contribution in [0.5, 0.6) is 0 Å². The Morgan fingerprint density at radius 2 is 2.25 bits per heavy atom. The SMILES string of the molecule is NC1C(=O)N2C(C(=O)O)=C(CSc3n[nH]c(C(F)(F)F)n3)CS[C@@H]12. The summed E-state index contributed by atoms with van der Waals surface area (Å²) in [5, 5.41) is 14.0. The number of hydrogen-bond acceptors (Lipinski definition) is 7. The number of fused-ring (bicyclic) bond motifs is 1. The highest BCUT2D eigenvalue weighted by atomic mass is 32.2. The Kier molecular flexibility index (Phi) is 4.25. The Morgan fingerprint density at radius 3 is 2.83 bits per heavy atom. The molecule has 24 heavy (non-hydrogen) atoms. The summed E-state index contributed by atoms with van der Waals surface area (Å²) in [6.07, 6.45) is -4.63. The van der Waals surface area contributed by atoms with Gasteiger partial charge >= 0.3 is 12.1 Å². The summed E-state index contributed by atoms with van der Waals surface area (Å²) >= 11 is 2.17. The number of aromatic nitrogens is 3. The van der Waals surface area contributed by atoms with Crippen LogP contribution in [0.15, 0.2) is 16.4 Å². The third kappa shape index (κ3) is 2.86. The van der Waals surface area contributed by atoms with Crippen molar-refractivity contribution in [3.05, 3.63) is 17.1 Å². The molecule has 0 saturated carbocycles. The van der Waals surface area contributed by atoms with Crippen molar-refractivity contribution in [2.24, 2.45) is 5.73 Å². The summed E-state index contributed by atoms with van der Waals surface area (Å²) in [5.41, 5.74) is 5.88. The van der Waals surface area contributed by atoms with Crippen molar-refractivity contribution in [2.45, 2.75) is 22.7 Å². The van der Waals surface area contributed by atoms with E-state index in [0.717, 1.165) is 16.7 Å². The maximum Gasteiger partial charge on any atom is 0.451 e. The molecule has 1 fully saturated rings. The molecule has 0 spiro atoms. The number of aliphatic carboxylic acids is 1. The minimum atomic E-state index is -4.63. The topological polar surface area (TPSA) is 125 Å². The van der Waals surface area contributed by atoms with E-state index >= 15 is 0 Å². The van der Waals surface area contributed by atoms with Crippen LogP contribution in [-0.4, -0.2) is 60.0 Å². The molecule has 8 nitrogen and oxygen atoms in total. The number of H-pyrrole nitrogens is 1. The van der Waals surface area contributed by atoms with Gasteiger partial charge < -0.3 is 10.8 Å². The Hall–Kier alpha value is -1.73. The average molecular weight is 381 g/mol. The molecule has 0 radical (unpaired) electrons. The molecule has 0 aliphatic carbocycles. The summed E-state index contributed by atoms with van der Waals surface area (Å²) in [6, 6.07) is -0.735. The number of amides is 1. The number of carboxylic acids is 1. The quantitative estimate of drug-likeness (QED) is 0.509. The lowest BCUT2D eigenvalue weighted by atomic mass is 10.0. The average Bonchev–Trinajstić information content (AvgIpc) is 3.00. The summed E-state index contributed by atoms with van der Waals surface area (Å²) in [7, 11) is 0. The van der Waals surface area contributed by atoms with Gasteiger partial charge in [0, 0.05) is 11.5 Å². The Morgan fingerprint density at radius 1 is 1.54 bits per heavy atom. The lowest BCUT2D eigenvalue weighted by Gasteiger charge is -2.48. The predicted octanol–water partition coefficient (Wildman–Crippen LogP) is 0.497. The fourth-order valence-electron chi connectivity index (χ4n) is 2.28. The lowest BCUT2D eigenvalue weighted by Crippen LogP contribution is -2.68. The van der Waals surface area contributed by atoms with Gasteiger partial charge in [-0.05, 0) is 5.57 Å². The van der Waals surface area contributed by atoms with Crippen molar-refractivity contribution < 1.29 is 27.9 Å². The first-order valence-corrected chi connectivity index (χ1v) is 8.51. The van der Waals surface area contributed by atoms with Crippen LogP contribution >= 0.6 is 23.5 Å². The smallest absolute Gasteiger partial charge is 0.451 e. The molecule has 1 aromatic rings. The zero-order chi connectivity index (χ0) is 17.6. The Balaban J connectivity index is 1.77. The number of nitrogens with two attached hydrogens (primary N) is 1. The van der Waals surface area contributed by atoms with Crippen LogP contribution in [0.4, 0.5) is 13.2 Å².